The number of isocyanates is 1. The molecule has 0 heterocycles. The molecule has 0 spiro atoms. The molecule has 0 saturated heterocycles. The fourth-order valence-corrected chi connectivity index (χ4v) is 1.31. The molecule has 4 N–H and O–H groups in total. The van der Waals surface area contributed by atoms with E-state index in [2.05, 4.69) is 20.6 Å². The summed E-state index contributed by atoms with van der Waals surface area (Å²) < 4.78 is 0. The Hall–Kier alpha value is -2.47. The lowest BCUT2D eigenvalue weighted by Gasteiger charge is -2.10. The van der Waals surface area contributed by atoms with Crippen LogP contribution in [-0.4, -0.2) is 42.9 Å². The molecule has 0 aliphatic carbocycles. The molecule has 1 unspecified atom stereocenters. The van der Waals surface area contributed by atoms with Gasteiger partial charge < -0.3 is 16.4 Å². The molecule has 0 saturated carbocycles. The summed E-state index contributed by atoms with van der Waals surface area (Å²) in [6, 6.07) is -0.260. The Bertz CT molecular complexity index is 464. The van der Waals surface area contributed by atoms with Crippen LogP contribution in [0.25, 0.3) is 0 Å². The van der Waals surface area contributed by atoms with Crippen molar-refractivity contribution in [3.8, 4) is 0 Å². The maximum atomic E-state index is 11.5. The van der Waals surface area contributed by atoms with Crippen molar-refractivity contribution in [1.82, 2.24) is 10.6 Å². The molecule has 0 bridgehead atoms. The van der Waals surface area contributed by atoms with E-state index in [1.54, 1.807) is 20.8 Å². The van der Waals surface area contributed by atoms with Crippen LogP contribution in [0, 0.1) is 0 Å². The first-order valence-corrected chi connectivity index (χ1v) is 5.94. The van der Waals surface area contributed by atoms with E-state index in [4.69, 9.17) is 5.73 Å². The van der Waals surface area contributed by atoms with E-state index in [-0.39, 0.29) is 25.0 Å². The summed E-state index contributed by atoms with van der Waals surface area (Å²) in [5.74, 6) is -0.380. The van der Waals surface area contributed by atoms with Gasteiger partial charge in [-0.15, -0.1) is 0 Å². The van der Waals surface area contributed by atoms with Gasteiger partial charge in [0, 0.05) is 17.8 Å². The fourth-order valence-electron chi connectivity index (χ4n) is 1.31. The number of nitrogens with one attached hydrogen (secondary N) is 2. The lowest BCUT2D eigenvalue weighted by Crippen LogP contribution is -2.36. The number of allylic oxidation sites excluding steroid dienone is 1. The second-order valence-corrected chi connectivity index (χ2v) is 4.16. The number of aliphatic imine (C=N–C) groups is 2. The van der Waals surface area contributed by atoms with Gasteiger partial charge in [-0.05, 0) is 20.8 Å². The second kappa shape index (κ2) is 9.46. The highest BCUT2D eigenvalue weighted by molar-refractivity contribution is 5.89. The number of amidine groups is 1. The SMILES string of the molecule is CC(=NCC(=O)NC(C)CN=C=O)N/C(C)=C\C(N)=O. The van der Waals surface area contributed by atoms with Crippen LogP contribution in [-0.2, 0) is 14.4 Å². The first-order valence-electron chi connectivity index (χ1n) is 5.94. The minimum atomic E-state index is -0.565. The van der Waals surface area contributed by atoms with E-state index in [1.165, 1.54) is 12.2 Å². The number of nitrogens with zero attached hydrogens (tertiary/aromatic N) is 2. The number of carbonyl (C=O) groups excluding carboxylic acids is 3. The van der Waals surface area contributed by atoms with Gasteiger partial charge in [-0.3, -0.25) is 14.6 Å². The number of rotatable bonds is 7. The zero-order chi connectivity index (χ0) is 15.5. The van der Waals surface area contributed by atoms with E-state index < -0.39 is 5.91 Å². The van der Waals surface area contributed by atoms with Crippen LogP contribution in [0.2, 0.25) is 0 Å². The van der Waals surface area contributed by atoms with Gasteiger partial charge in [0.05, 0.1) is 12.4 Å². The van der Waals surface area contributed by atoms with Crippen molar-refractivity contribution in [2.24, 2.45) is 15.7 Å². The molecular formula is C12H19N5O3. The monoisotopic (exact) mass is 281 g/mol. The number of nitrogens with two attached hydrogens (primary N) is 1. The lowest BCUT2D eigenvalue weighted by molar-refractivity contribution is -0.120. The van der Waals surface area contributed by atoms with Gasteiger partial charge in [0.1, 0.15) is 6.54 Å². The molecule has 110 valence electrons. The summed E-state index contributed by atoms with van der Waals surface area (Å²) in [5.41, 5.74) is 5.53. The quantitative estimate of drug-likeness (QED) is 0.245. The summed E-state index contributed by atoms with van der Waals surface area (Å²) in [6.45, 7) is 5.14. The summed E-state index contributed by atoms with van der Waals surface area (Å²) in [6.07, 6.45) is 2.62. The van der Waals surface area contributed by atoms with E-state index in [0.29, 0.717) is 11.5 Å². The molecule has 0 rings (SSSR count). The van der Waals surface area contributed by atoms with Crippen molar-refractivity contribution < 1.29 is 14.4 Å². The highest BCUT2D eigenvalue weighted by Crippen LogP contribution is 1.88. The molecule has 0 aliphatic heterocycles. The molecule has 8 heteroatoms. The lowest BCUT2D eigenvalue weighted by atomic mass is 10.3. The average molecular weight is 281 g/mol. The Balaban J connectivity index is 4.23. The van der Waals surface area contributed by atoms with Crippen LogP contribution in [0.4, 0.5) is 0 Å². The van der Waals surface area contributed by atoms with Crippen molar-refractivity contribution in [2.45, 2.75) is 26.8 Å². The maximum absolute atomic E-state index is 11.5. The minimum Gasteiger partial charge on any atom is -0.366 e. The molecule has 20 heavy (non-hydrogen) atoms. The van der Waals surface area contributed by atoms with E-state index in [1.807, 2.05) is 0 Å². The Morgan fingerprint density at radius 1 is 1.40 bits per heavy atom. The summed E-state index contributed by atoms with van der Waals surface area (Å²) >= 11 is 0. The highest BCUT2D eigenvalue weighted by Gasteiger charge is 2.05. The maximum Gasteiger partial charge on any atom is 0.243 e. The van der Waals surface area contributed by atoms with Crippen LogP contribution in [0.1, 0.15) is 20.8 Å². The normalized spacial score (nSPS) is 13.2. The number of primary amides is 1. The number of hydrogen-bond acceptors (Lipinski definition) is 5. The van der Waals surface area contributed by atoms with E-state index >= 15 is 0 Å². The van der Waals surface area contributed by atoms with Crippen LogP contribution in [0.5, 0.6) is 0 Å². The van der Waals surface area contributed by atoms with Gasteiger partial charge in [-0.1, -0.05) is 0 Å². The number of hydrogen-bond donors (Lipinski definition) is 3. The second-order valence-electron chi connectivity index (χ2n) is 4.16. The molecule has 0 radical (unpaired) electrons. The van der Waals surface area contributed by atoms with Crippen molar-refractivity contribution in [3.05, 3.63) is 11.8 Å². The Morgan fingerprint density at radius 2 is 2.05 bits per heavy atom. The van der Waals surface area contributed by atoms with Gasteiger partial charge >= 0.3 is 0 Å². The first-order chi connectivity index (χ1) is 9.35. The van der Waals surface area contributed by atoms with Gasteiger partial charge in [0.25, 0.3) is 0 Å². The highest BCUT2D eigenvalue weighted by atomic mass is 16.2. The molecule has 0 aromatic carbocycles. The molecule has 0 aliphatic rings. The smallest absolute Gasteiger partial charge is 0.243 e. The van der Waals surface area contributed by atoms with Crippen molar-refractivity contribution >= 4 is 23.7 Å². The standard InChI is InChI=1S/C12H19N5O3/c1-8(4-11(13)19)16-10(3)15-6-12(20)17-9(2)5-14-7-18/h4,9H,5-6H2,1-3H3,(H2,13,19)(H,15,16)(H,17,20)/b8-4-. The Labute approximate surface area is 117 Å². The zero-order valence-electron chi connectivity index (χ0n) is 11.8. The summed E-state index contributed by atoms with van der Waals surface area (Å²) in [7, 11) is 0. The molecule has 8 nitrogen and oxygen atoms in total. The molecule has 0 aromatic heterocycles. The third-order valence-corrected chi connectivity index (χ3v) is 2.03. The largest absolute Gasteiger partial charge is 0.366 e. The van der Waals surface area contributed by atoms with Gasteiger partial charge in [-0.25, -0.2) is 9.79 Å². The van der Waals surface area contributed by atoms with E-state index in [9.17, 15) is 14.4 Å². The molecule has 1 atom stereocenters. The van der Waals surface area contributed by atoms with Gasteiger partial charge in [0.15, 0.2) is 0 Å². The number of amides is 2. The molecule has 2 amide bonds. The molecule has 0 aromatic rings. The first kappa shape index (κ1) is 17.5. The number of carbonyl (C=O) groups is 2. The molecule has 0 fully saturated rings. The third-order valence-electron chi connectivity index (χ3n) is 2.03. The van der Waals surface area contributed by atoms with Crippen molar-refractivity contribution in [1.29, 1.82) is 0 Å². The minimum absolute atomic E-state index is 0.0716. The predicted octanol–water partition coefficient (Wildman–Crippen LogP) is -0.776. The van der Waals surface area contributed by atoms with Crippen LogP contribution in [0.15, 0.2) is 21.8 Å². The van der Waals surface area contributed by atoms with Crippen LogP contribution >= 0.6 is 0 Å². The van der Waals surface area contributed by atoms with Crippen LogP contribution < -0.4 is 16.4 Å². The van der Waals surface area contributed by atoms with Crippen molar-refractivity contribution in [3.63, 3.8) is 0 Å². The third kappa shape index (κ3) is 9.55. The van der Waals surface area contributed by atoms with Gasteiger partial charge in [0.2, 0.25) is 17.9 Å². The summed E-state index contributed by atoms with van der Waals surface area (Å²) in [5, 5.41) is 5.43. The van der Waals surface area contributed by atoms with Crippen molar-refractivity contribution in [2.75, 3.05) is 13.1 Å². The average Bonchev–Trinajstić information content (AvgIpc) is 2.32. The van der Waals surface area contributed by atoms with E-state index in [0.717, 1.165) is 0 Å². The summed E-state index contributed by atoms with van der Waals surface area (Å²) in [4.78, 5) is 39.4. The van der Waals surface area contributed by atoms with Gasteiger partial charge in [-0.2, -0.15) is 0 Å². The zero-order valence-corrected chi connectivity index (χ0v) is 11.8. The molecular weight excluding hydrogens is 262 g/mol. The topological polar surface area (TPSA) is 126 Å². The Kier molecular flexibility index (Phi) is 8.29. The fraction of sp³-hybridized carbons (Fsp3) is 0.500. The van der Waals surface area contributed by atoms with Crippen LogP contribution in [0.3, 0.4) is 0 Å². The Morgan fingerprint density at radius 3 is 2.60 bits per heavy atom. The predicted molar refractivity (Wildman–Crippen MR) is 74.7 cm³/mol.